The monoisotopic (exact) mass is 171 g/mol. The first-order valence-electron chi connectivity index (χ1n) is 4.04. The van der Waals surface area contributed by atoms with Gasteiger partial charge in [0.25, 0.3) is 0 Å². The molecule has 1 fully saturated rings. The third-order valence-corrected chi connectivity index (χ3v) is 2.36. The highest BCUT2D eigenvalue weighted by Crippen LogP contribution is 2.23. The van der Waals surface area contributed by atoms with Crippen LogP contribution in [0, 0.1) is 5.92 Å². The third kappa shape index (κ3) is 1.42. The van der Waals surface area contributed by atoms with Gasteiger partial charge in [-0.2, -0.15) is 0 Å². The molecule has 1 heterocycles. The van der Waals surface area contributed by atoms with Crippen molar-refractivity contribution in [2.24, 2.45) is 5.92 Å². The summed E-state index contributed by atoms with van der Waals surface area (Å²) in [6.07, 6.45) is 0.788. The lowest BCUT2D eigenvalue weighted by Crippen LogP contribution is -2.41. The number of nitrogens with zero attached hydrogens (tertiary/aromatic N) is 1. The summed E-state index contributed by atoms with van der Waals surface area (Å²) in [6, 6.07) is -0.609. The molecule has 0 unspecified atom stereocenters. The van der Waals surface area contributed by atoms with E-state index >= 15 is 0 Å². The Morgan fingerprint density at radius 1 is 1.50 bits per heavy atom. The lowest BCUT2D eigenvalue weighted by atomic mass is 10.0. The number of hydrogen-bond donors (Lipinski definition) is 1. The largest absolute Gasteiger partial charge is 0.480 e. The standard InChI is InChI=1S/C8H13NO3/c1-5-3-4-9(6(2)10)7(5)8(11)12/h5,7H,3-4H2,1-2H3,(H,11,12)/t5-,7+/m1/s1. The molecule has 0 aromatic heterocycles. The molecule has 1 rings (SSSR count). The fourth-order valence-electron chi connectivity index (χ4n) is 1.68. The van der Waals surface area contributed by atoms with Gasteiger partial charge in [0.1, 0.15) is 6.04 Å². The van der Waals surface area contributed by atoms with E-state index in [2.05, 4.69) is 0 Å². The molecule has 0 aliphatic carbocycles. The zero-order chi connectivity index (χ0) is 9.30. The van der Waals surface area contributed by atoms with E-state index in [1.807, 2.05) is 6.92 Å². The highest BCUT2D eigenvalue weighted by Gasteiger charge is 2.37. The maximum absolute atomic E-state index is 11.0. The first kappa shape index (κ1) is 9.03. The van der Waals surface area contributed by atoms with Crippen LogP contribution in [0.3, 0.4) is 0 Å². The van der Waals surface area contributed by atoms with E-state index in [0.29, 0.717) is 6.54 Å². The van der Waals surface area contributed by atoms with Crippen LogP contribution in [0.15, 0.2) is 0 Å². The Hall–Kier alpha value is -1.06. The smallest absolute Gasteiger partial charge is 0.326 e. The number of aliphatic carboxylic acids is 1. The Balaban J connectivity index is 2.77. The highest BCUT2D eigenvalue weighted by atomic mass is 16.4. The molecule has 1 saturated heterocycles. The number of amides is 1. The molecule has 1 aliphatic rings. The van der Waals surface area contributed by atoms with Crippen molar-refractivity contribution in [2.75, 3.05) is 6.54 Å². The second-order valence-electron chi connectivity index (χ2n) is 3.26. The van der Waals surface area contributed by atoms with Crippen LogP contribution < -0.4 is 0 Å². The van der Waals surface area contributed by atoms with Crippen molar-refractivity contribution >= 4 is 11.9 Å². The van der Waals surface area contributed by atoms with Crippen molar-refractivity contribution < 1.29 is 14.7 Å². The van der Waals surface area contributed by atoms with E-state index in [1.165, 1.54) is 11.8 Å². The summed E-state index contributed by atoms with van der Waals surface area (Å²) in [4.78, 5) is 23.1. The third-order valence-electron chi connectivity index (χ3n) is 2.36. The normalized spacial score (nSPS) is 29.0. The minimum atomic E-state index is -0.893. The van der Waals surface area contributed by atoms with Gasteiger partial charge in [-0.1, -0.05) is 6.92 Å². The van der Waals surface area contributed by atoms with Crippen LogP contribution in [0.5, 0.6) is 0 Å². The van der Waals surface area contributed by atoms with E-state index in [4.69, 9.17) is 5.11 Å². The van der Waals surface area contributed by atoms with E-state index in [1.54, 1.807) is 0 Å². The van der Waals surface area contributed by atoms with Crippen LogP contribution in [0.2, 0.25) is 0 Å². The van der Waals surface area contributed by atoms with Gasteiger partial charge < -0.3 is 10.0 Å². The average molecular weight is 171 g/mol. The quantitative estimate of drug-likeness (QED) is 0.618. The van der Waals surface area contributed by atoms with Gasteiger partial charge in [0, 0.05) is 13.5 Å². The summed E-state index contributed by atoms with van der Waals surface area (Å²) in [7, 11) is 0. The second kappa shape index (κ2) is 3.13. The van der Waals surface area contributed by atoms with E-state index in [9.17, 15) is 9.59 Å². The Kier molecular flexibility index (Phi) is 2.35. The van der Waals surface area contributed by atoms with Crippen LogP contribution in [-0.4, -0.2) is 34.5 Å². The van der Waals surface area contributed by atoms with Crippen LogP contribution in [-0.2, 0) is 9.59 Å². The molecule has 0 aromatic carbocycles. The predicted octanol–water partition coefficient (Wildman–Crippen LogP) is 0.328. The minimum absolute atomic E-state index is 0.0754. The molecule has 0 bridgehead atoms. The van der Waals surface area contributed by atoms with Crippen LogP contribution in [0.1, 0.15) is 20.3 Å². The molecule has 0 radical (unpaired) electrons. The number of hydrogen-bond acceptors (Lipinski definition) is 2. The highest BCUT2D eigenvalue weighted by molar-refractivity contribution is 5.83. The summed E-state index contributed by atoms with van der Waals surface area (Å²) < 4.78 is 0. The zero-order valence-corrected chi connectivity index (χ0v) is 7.28. The Labute approximate surface area is 71.2 Å². The summed E-state index contributed by atoms with van der Waals surface area (Å²) in [5.74, 6) is -0.964. The van der Waals surface area contributed by atoms with Gasteiger partial charge in [-0.15, -0.1) is 0 Å². The SMILES string of the molecule is CC(=O)N1CC[C@@H](C)[C@H]1C(=O)O. The van der Waals surface area contributed by atoms with Gasteiger partial charge in [-0.25, -0.2) is 4.79 Å². The number of carbonyl (C=O) groups is 2. The number of rotatable bonds is 1. The van der Waals surface area contributed by atoms with Crippen molar-refractivity contribution in [1.29, 1.82) is 0 Å². The summed E-state index contributed by atoms with van der Waals surface area (Å²) in [5, 5.41) is 8.81. The number of carboxylic acids is 1. The second-order valence-corrected chi connectivity index (χ2v) is 3.26. The topological polar surface area (TPSA) is 57.6 Å². The summed E-state index contributed by atoms with van der Waals surface area (Å²) >= 11 is 0. The molecule has 4 heteroatoms. The summed E-state index contributed by atoms with van der Waals surface area (Å²) in [6.45, 7) is 3.85. The molecule has 68 valence electrons. The fourth-order valence-corrected chi connectivity index (χ4v) is 1.68. The molecular formula is C8H13NO3. The maximum Gasteiger partial charge on any atom is 0.326 e. The molecule has 12 heavy (non-hydrogen) atoms. The molecule has 0 saturated carbocycles. The molecule has 1 amide bonds. The Bertz CT molecular complexity index is 214. The lowest BCUT2D eigenvalue weighted by Gasteiger charge is -2.21. The van der Waals surface area contributed by atoms with Gasteiger partial charge in [-0.05, 0) is 12.3 Å². The molecule has 2 atom stereocenters. The minimum Gasteiger partial charge on any atom is -0.480 e. The van der Waals surface area contributed by atoms with Crippen molar-refractivity contribution in [3.63, 3.8) is 0 Å². The maximum atomic E-state index is 11.0. The van der Waals surface area contributed by atoms with E-state index < -0.39 is 12.0 Å². The average Bonchev–Trinajstić information content (AvgIpc) is 2.30. The molecule has 4 nitrogen and oxygen atoms in total. The number of carbonyl (C=O) groups excluding carboxylic acids is 1. The van der Waals surface area contributed by atoms with Gasteiger partial charge in [0.15, 0.2) is 0 Å². The van der Waals surface area contributed by atoms with Crippen molar-refractivity contribution in [1.82, 2.24) is 4.90 Å². The Morgan fingerprint density at radius 3 is 2.42 bits per heavy atom. The molecule has 1 aliphatic heterocycles. The molecule has 0 aromatic rings. The zero-order valence-electron chi connectivity index (χ0n) is 7.28. The van der Waals surface area contributed by atoms with E-state index in [0.717, 1.165) is 6.42 Å². The van der Waals surface area contributed by atoms with Gasteiger partial charge in [0.2, 0.25) is 5.91 Å². The number of likely N-dealkylation sites (tertiary alicyclic amines) is 1. The van der Waals surface area contributed by atoms with Crippen molar-refractivity contribution in [3.8, 4) is 0 Å². The first-order valence-corrected chi connectivity index (χ1v) is 4.04. The Morgan fingerprint density at radius 2 is 2.08 bits per heavy atom. The van der Waals surface area contributed by atoms with Gasteiger partial charge >= 0.3 is 5.97 Å². The number of carboxylic acid groups (broad SMARTS) is 1. The van der Waals surface area contributed by atoms with Gasteiger partial charge in [-0.3, -0.25) is 4.79 Å². The first-order chi connectivity index (χ1) is 5.54. The van der Waals surface area contributed by atoms with Crippen molar-refractivity contribution in [3.05, 3.63) is 0 Å². The van der Waals surface area contributed by atoms with E-state index in [-0.39, 0.29) is 11.8 Å². The van der Waals surface area contributed by atoms with Crippen LogP contribution in [0.4, 0.5) is 0 Å². The molecule has 0 spiro atoms. The van der Waals surface area contributed by atoms with Crippen molar-refractivity contribution in [2.45, 2.75) is 26.3 Å². The van der Waals surface area contributed by atoms with Gasteiger partial charge in [0.05, 0.1) is 0 Å². The summed E-state index contributed by atoms with van der Waals surface area (Å²) in [5.41, 5.74) is 0. The molecular weight excluding hydrogens is 158 g/mol. The van der Waals surface area contributed by atoms with Crippen LogP contribution in [0.25, 0.3) is 0 Å². The van der Waals surface area contributed by atoms with Crippen LogP contribution >= 0.6 is 0 Å². The predicted molar refractivity (Wildman–Crippen MR) is 42.6 cm³/mol. The fraction of sp³-hybridized carbons (Fsp3) is 0.750. The lowest BCUT2D eigenvalue weighted by molar-refractivity contribution is -0.148. The molecule has 1 N–H and O–H groups in total.